The van der Waals surface area contributed by atoms with E-state index >= 15 is 0 Å². The summed E-state index contributed by atoms with van der Waals surface area (Å²) >= 11 is 0. The van der Waals surface area contributed by atoms with Crippen LogP contribution in [-0.2, 0) is 14.6 Å². The van der Waals surface area contributed by atoms with Gasteiger partial charge in [0.15, 0.2) is 21.3 Å². The Bertz CT molecular complexity index is 653. The standard InChI is InChI=1S/C13H20N2O5S/c1-13(2,21(5,17)18)12(16)15-9-7-11(20-4)10(19-3)6-8(9)14/h6-7H,14H2,1-5H3,(H,15,16). The molecule has 0 fully saturated rings. The van der Waals surface area contributed by atoms with E-state index in [0.717, 1.165) is 6.26 Å². The van der Waals surface area contributed by atoms with Crippen LogP contribution in [0.5, 0.6) is 11.5 Å². The van der Waals surface area contributed by atoms with Crippen molar-refractivity contribution in [3.8, 4) is 11.5 Å². The lowest BCUT2D eigenvalue weighted by Crippen LogP contribution is -2.43. The third kappa shape index (κ3) is 3.38. The minimum Gasteiger partial charge on any atom is -0.493 e. The van der Waals surface area contributed by atoms with Gasteiger partial charge < -0.3 is 20.5 Å². The summed E-state index contributed by atoms with van der Waals surface area (Å²) in [6.07, 6.45) is 1.00. The summed E-state index contributed by atoms with van der Waals surface area (Å²) in [5, 5.41) is 2.50. The second-order valence-electron chi connectivity index (χ2n) is 5.03. The van der Waals surface area contributed by atoms with Gasteiger partial charge in [0.05, 0.1) is 25.6 Å². The van der Waals surface area contributed by atoms with Gasteiger partial charge in [0, 0.05) is 18.4 Å². The number of amides is 1. The summed E-state index contributed by atoms with van der Waals surface area (Å²) in [4.78, 5) is 12.2. The monoisotopic (exact) mass is 316 g/mol. The molecule has 7 nitrogen and oxygen atoms in total. The molecule has 1 amide bonds. The molecule has 0 unspecified atom stereocenters. The highest BCUT2D eigenvalue weighted by atomic mass is 32.2. The van der Waals surface area contributed by atoms with Gasteiger partial charge in [-0.1, -0.05) is 0 Å². The number of hydrogen-bond donors (Lipinski definition) is 2. The summed E-state index contributed by atoms with van der Waals surface area (Å²) < 4.78 is 31.9. The van der Waals surface area contributed by atoms with Crippen molar-refractivity contribution < 1.29 is 22.7 Å². The van der Waals surface area contributed by atoms with E-state index in [1.807, 2.05) is 0 Å². The molecule has 1 aromatic carbocycles. The number of sulfone groups is 1. The Morgan fingerprint density at radius 1 is 1.19 bits per heavy atom. The van der Waals surface area contributed by atoms with Crippen molar-refractivity contribution in [2.24, 2.45) is 0 Å². The van der Waals surface area contributed by atoms with E-state index in [0.29, 0.717) is 11.5 Å². The number of ether oxygens (including phenoxy) is 2. The number of carbonyl (C=O) groups is 1. The summed E-state index contributed by atoms with van der Waals surface area (Å²) in [7, 11) is -0.667. The van der Waals surface area contributed by atoms with Crippen LogP contribution < -0.4 is 20.5 Å². The van der Waals surface area contributed by atoms with Crippen LogP contribution in [0.3, 0.4) is 0 Å². The van der Waals surface area contributed by atoms with Gasteiger partial charge in [-0.15, -0.1) is 0 Å². The van der Waals surface area contributed by atoms with Crippen molar-refractivity contribution in [2.75, 3.05) is 31.5 Å². The number of benzene rings is 1. The van der Waals surface area contributed by atoms with Gasteiger partial charge in [-0.2, -0.15) is 0 Å². The Morgan fingerprint density at radius 3 is 2.10 bits per heavy atom. The van der Waals surface area contributed by atoms with Crippen molar-refractivity contribution in [3.05, 3.63) is 12.1 Å². The van der Waals surface area contributed by atoms with Crippen molar-refractivity contribution >= 4 is 27.1 Å². The lowest BCUT2D eigenvalue weighted by molar-refractivity contribution is -0.117. The first-order chi connectivity index (χ1) is 9.54. The SMILES string of the molecule is COc1cc(N)c(NC(=O)C(C)(C)S(C)(=O)=O)cc1OC. The van der Waals surface area contributed by atoms with Crippen LogP contribution in [-0.4, -0.2) is 39.5 Å². The van der Waals surface area contributed by atoms with Crippen LogP contribution >= 0.6 is 0 Å². The molecule has 0 atom stereocenters. The number of anilines is 2. The van der Waals surface area contributed by atoms with Crippen LogP contribution in [0.15, 0.2) is 12.1 Å². The van der Waals surface area contributed by atoms with Crippen molar-refractivity contribution in [1.29, 1.82) is 0 Å². The molecule has 0 radical (unpaired) electrons. The minimum absolute atomic E-state index is 0.241. The van der Waals surface area contributed by atoms with Gasteiger partial charge in [0.1, 0.15) is 4.75 Å². The van der Waals surface area contributed by atoms with Crippen LogP contribution in [0, 0.1) is 0 Å². The number of nitrogens with two attached hydrogens (primary N) is 1. The Balaban J connectivity index is 3.17. The largest absolute Gasteiger partial charge is 0.493 e. The van der Waals surface area contributed by atoms with E-state index in [9.17, 15) is 13.2 Å². The quantitative estimate of drug-likeness (QED) is 0.786. The molecule has 0 aromatic heterocycles. The van der Waals surface area contributed by atoms with Gasteiger partial charge in [-0.3, -0.25) is 4.79 Å². The van der Waals surface area contributed by atoms with Gasteiger partial charge in [-0.05, 0) is 13.8 Å². The maximum absolute atomic E-state index is 12.2. The Hall–Kier alpha value is -1.96. The summed E-state index contributed by atoms with van der Waals surface area (Å²) in [5.74, 6) is 0.110. The molecule has 0 aliphatic rings. The highest BCUT2D eigenvalue weighted by Crippen LogP contribution is 2.35. The molecule has 1 aromatic rings. The Morgan fingerprint density at radius 2 is 1.67 bits per heavy atom. The van der Waals surface area contributed by atoms with E-state index in [-0.39, 0.29) is 11.4 Å². The molecule has 1 rings (SSSR count). The first-order valence-corrected chi connectivity index (χ1v) is 7.96. The highest BCUT2D eigenvalue weighted by molar-refractivity contribution is 7.92. The summed E-state index contributed by atoms with van der Waals surface area (Å²) in [6, 6.07) is 2.96. The number of carbonyl (C=O) groups excluding carboxylic acids is 1. The smallest absolute Gasteiger partial charge is 0.245 e. The predicted octanol–water partition coefficient (Wildman–Crippen LogP) is 1.05. The fourth-order valence-electron chi connectivity index (χ4n) is 1.44. The van der Waals surface area contributed by atoms with Crippen molar-refractivity contribution in [1.82, 2.24) is 0 Å². The van der Waals surface area contributed by atoms with E-state index in [4.69, 9.17) is 15.2 Å². The van der Waals surface area contributed by atoms with Gasteiger partial charge in [0.2, 0.25) is 5.91 Å². The average Bonchev–Trinajstić information content (AvgIpc) is 2.38. The maximum Gasteiger partial charge on any atom is 0.245 e. The third-order valence-corrected chi connectivity index (χ3v) is 5.32. The lowest BCUT2D eigenvalue weighted by atomic mass is 10.1. The van der Waals surface area contributed by atoms with Crippen LogP contribution in [0.4, 0.5) is 11.4 Å². The molecule has 0 saturated heterocycles. The molecule has 0 bridgehead atoms. The van der Waals surface area contributed by atoms with Crippen LogP contribution in [0.2, 0.25) is 0 Å². The van der Waals surface area contributed by atoms with Crippen LogP contribution in [0.25, 0.3) is 0 Å². The third-order valence-electron chi connectivity index (χ3n) is 3.28. The zero-order valence-electron chi connectivity index (χ0n) is 12.7. The number of methoxy groups -OCH3 is 2. The zero-order valence-corrected chi connectivity index (χ0v) is 13.5. The molecule has 0 spiro atoms. The topological polar surface area (TPSA) is 108 Å². The second-order valence-corrected chi connectivity index (χ2v) is 7.60. The molecule has 0 saturated carbocycles. The molecular weight excluding hydrogens is 296 g/mol. The average molecular weight is 316 g/mol. The molecule has 0 aliphatic heterocycles. The Kier molecular flexibility index (Phi) is 4.72. The first-order valence-electron chi connectivity index (χ1n) is 6.07. The summed E-state index contributed by atoms with van der Waals surface area (Å²) in [5.41, 5.74) is 6.32. The Labute approximate surface area is 124 Å². The van der Waals surface area contributed by atoms with Crippen LogP contribution in [0.1, 0.15) is 13.8 Å². The maximum atomic E-state index is 12.2. The fourth-order valence-corrected chi connectivity index (χ4v) is 1.83. The predicted molar refractivity (Wildman–Crippen MR) is 81.5 cm³/mol. The number of nitrogen functional groups attached to an aromatic ring is 1. The molecule has 3 N–H and O–H groups in total. The first kappa shape index (κ1) is 17.1. The van der Waals surface area contributed by atoms with Crippen molar-refractivity contribution in [3.63, 3.8) is 0 Å². The highest BCUT2D eigenvalue weighted by Gasteiger charge is 2.38. The van der Waals surface area contributed by atoms with E-state index < -0.39 is 20.5 Å². The van der Waals surface area contributed by atoms with Gasteiger partial charge >= 0.3 is 0 Å². The molecule has 118 valence electrons. The molecular formula is C13H20N2O5S. The number of rotatable bonds is 5. The number of hydrogen-bond acceptors (Lipinski definition) is 6. The normalized spacial score (nSPS) is 11.9. The van der Waals surface area contributed by atoms with Gasteiger partial charge in [-0.25, -0.2) is 8.42 Å². The van der Waals surface area contributed by atoms with E-state index in [1.165, 1.54) is 40.2 Å². The minimum atomic E-state index is -3.57. The molecule has 0 aliphatic carbocycles. The molecule has 8 heteroatoms. The van der Waals surface area contributed by atoms with Gasteiger partial charge in [0.25, 0.3) is 0 Å². The zero-order chi connectivity index (χ0) is 16.4. The van der Waals surface area contributed by atoms with E-state index in [2.05, 4.69) is 5.32 Å². The molecule has 0 heterocycles. The second kappa shape index (κ2) is 5.80. The number of nitrogens with one attached hydrogen (secondary N) is 1. The van der Waals surface area contributed by atoms with Crippen molar-refractivity contribution in [2.45, 2.75) is 18.6 Å². The molecule has 21 heavy (non-hydrogen) atoms. The van der Waals surface area contributed by atoms with E-state index in [1.54, 1.807) is 0 Å². The fraction of sp³-hybridized carbons (Fsp3) is 0.462. The summed E-state index contributed by atoms with van der Waals surface area (Å²) in [6.45, 7) is 2.66. The lowest BCUT2D eigenvalue weighted by Gasteiger charge is -2.22.